The Labute approximate surface area is 184 Å². The van der Waals surface area contributed by atoms with Crippen LogP contribution in [0, 0.1) is 5.92 Å². The van der Waals surface area contributed by atoms with E-state index in [1.54, 1.807) is 38.6 Å². The van der Waals surface area contributed by atoms with Gasteiger partial charge < -0.3 is 14.8 Å². The number of nitrogens with zero attached hydrogens (tertiary/aromatic N) is 3. The molecule has 10 heteroatoms. The fourth-order valence-corrected chi connectivity index (χ4v) is 4.51. The summed E-state index contributed by atoms with van der Waals surface area (Å²) in [6.07, 6.45) is 2.32. The first kappa shape index (κ1) is 22.5. The van der Waals surface area contributed by atoms with E-state index in [0.29, 0.717) is 29.4 Å². The van der Waals surface area contributed by atoms with E-state index in [2.05, 4.69) is 10.3 Å². The summed E-state index contributed by atoms with van der Waals surface area (Å²) in [5.41, 5.74) is 1.45. The maximum absolute atomic E-state index is 12.9. The first-order valence-electron chi connectivity index (χ1n) is 9.66. The van der Waals surface area contributed by atoms with Crippen molar-refractivity contribution in [3.05, 3.63) is 28.7 Å². The van der Waals surface area contributed by atoms with Crippen molar-refractivity contribution in [2.24, 2.45) is 10.9 Å². The molecule has 1 aromatic rings. The standard InChI is InChI=1S/C21H24N4O5S/c1-6-12-10-22-19-17(20(27)25(3)21(28)24(19)2)18(12)31-11-16(26)23-13-7-8-14(29-4)15(9-13)30-5/h7-10,17H,6,11H2,1-5H3/p+1. The van der Waals surface area contributed by atoms with Crippen LogP contribution in [0.3, 0.4) is 0 Å². The summed E-state index contributed by atoms with van der Waals surface area (Å²) >= 11 is 1.28. The van der Waals surface area contributed by atoms with E-state index in [-0.39, 0.29) is 17.6 Å². The number of allylic oxidation sites excluding steroid dienone is 1. The highest BCUT2D eigenvalue weighted by Crippen LogP contribution is 2.36. The van der Waals surface area contributed by atoms with Gasteiger partial charge in [0.1, 0.15) is 6.21 Å². The zero-order chi connectivity index (χ0) is 22.7. The highest BCUT2D eigenvalue weighted by molar-refractivity contribution is 8.03. The average Bonchev–Trinajstić information content (AvgIpc) is 2.79. The van der Waals surface area contributed by atoms with Crippen LogP contribution in [0.4, 0.5) is 10.5 Å². The molecule has 0 aromatic heterocycles. The predicted molar refractivity (Wildman–Crippen MR) is 119 cm³/mol. The number of thioether (sulfide) groups is 1. The summed E-state index contributed by atoms with van der Waals surface area (Å²) in [6, 6.07) is 4.68. The Morgan fingerprint density at radius 1 is 1.26 bits per heavy atom. The topological polar surface area (TPSA) is 100 Å². The van der Waals surface area contributed by atoms with Crippen molar-refractivity contribution in [2.75, 3.05) is 39.4 Å². The Kier molecular flexibility index (Phi) is 6.79. The number of ether oxygens (including phenoxy) is 2. The second kappa shape index (κ2) is 9.34. The first-order valence-corrected chi connectivity index (χ1v) is 10.6. The molecule has 1 aromatic carbocycles. The second-order valence-electron chi connectivity index (χ2n) is 6.94. The van der Waals surface area contributed by atoms with Crippen LogP contribution >= 0.6 is 11.8 Å². The van der Waals surface area contributed by atoms with E-state index in [0.717, 1.165) is 15.4 Å². The molecule has 31 heavy (non-hydrogen) atoms. The Morgan fingerprint density at radius 2 is 1.97 bits per heavy atom. The summed E-state index contributed by atoms with van der Waals surface area (Å²) in [5.74, 6) is 0.291. The number of amides is 4. The number of imide groups is 1. The van der Waals surface area contributed by atoms with Crippen LogP contribution in [-0.2, 0) is 9.59 Å². The van der Waals surface area contributed by atoms with Gasteiger partial charge in [-0.2, -0.15) is 9.48 Å². The van der Waals surface area contributed by atoms with Crippen LogP contribution in [0.15, 0.2) is 33.7 Å². The van der Waals surface area contributed by atoms with Crippen LogP contribution in [0.1, 0.15) is 13.3 Å². The van der Waals surface area contributed by atoms with E-state index in [1.165, 1.54) is 30.5 Å². The van der Waals surface area contributed by atoms with Crippen LogP contribution in [0.25, 0.3) is 0 Å². The number of benzene rings is 1. The number of carbonyl (C=O) groups is 3. The molecule has 2 aliphatic heterocycles. The van der Waals surface area contributed by atoms with Gasteiger partial charge in [-0.05, 0) is 24.1 Å². The van der Waals surface area contributed by atoms with Gasteiger partial charge in [0, 0.05) is 16.7 Å². The summed E-state index contributed by atoms with van der Waals surface area (Å²) in [5, 5.41) is 2.83. The van der Waals surface area contributed by atoms with E-state index in [1.807, 2.05) is 6.92 Å². The number of urea groups is 1. The lowest BCUT2D eigenvalue weighted by atomic mass is 9.97. The van der Waals surface area contributed by atoms with Crippen molar-refractivity contribution in [3.8, 4) is 11.5 Å². The third-order valence-electron chi connectivity index (χ3n) is 5.09. The monoisotopic (exact) mass is 445 g/mol. The zero-order valence-corrected chi connectivity index (χ0v) is 18.9. The molecule has 0 radical (unpaired) electrons. The molecule has 0 aliphatic carbocycles. The number of amidine groups is 1. The average molecular weight is 446 g/mol. The van der Waals surface area contributed by atoms with Gasteiger partial charge in [0.05, 0.1) is 34.1 Å². The first-order chi connectivity index (χ1) is 14.8. The summed E-state index contributed by atoms with van der Waals surface area (Å²) in [7, 11) is 6.11. The molecule has 0 saturated heterocycles. The third-order valence-corrected chi connectivity index (χ3v) is 6.31. The van der Waals surface area contributed by atoms with Crippen molar-refractivity contribution in [1.82, 2.24) is 4.90 Å². The number of hydrogen-bond acceptors (Lipinski definition) is 7. The van der Waals surface area contributed by atoms with Crippen LogP contribution in [-0.4, -0.2) is 73.4 Å². The van der Waals surface area contributed by atoms with Gasteiger partial charge in [0.15, 0.2) is 17.4 Å². The largest absolute Gasteiger partial charge is 0.493 e. The van der Waals surface area contributed by atoms with Crippen LogP contribution < -0.4 is 14.8 Å². The van der Waals surface area contributed by atoms with E-state index in [4.69, 9.17) is 9.47 Å². The van der Waals surface area contributed by atoms with Gasteiger partial charge in [-0.1, -0.05) is 6.92 Å². The lowest BCUT2D eigenvalue weighted by Crippen LogP contribution is -2.52. The van der Waals surface area contributed by atoms with Crippen LogP contribution in [0.2, 0.25) is 0 Å². The quantitative estimate of drug-likeness (QED) is 0.647. The number of carbonyl (C=O) groups excluding carboxylic acids is 3. The molecule has 164 valence electrons. The second-order valence-corrected chi connectivity index (χ2v) is 7.96. The number of rotatable bonds is 7. The van der Waals surface area contributed by atoms with Crippen molar-refractivity contribution in [2.45, 2.75) is 13.3 Å². The molecule has 1 unspecified atom stereocenters. The van der Waals surface area contributed by atoms with Crippen molar-refractivity contribution in [3.63, 3.8) is 0 Å². The minimum Gasteiger partial charge on any atom is -0.493 e. The molecule has 2 aliphatic rings. The minimum atomic E-state index is -0.688. The fourth-order valence-electron chi connectivity index (χ4n) is 3.39. The Morgan fingerprint density at radius 3 is 2.61 bits per heavy atom. The number of dihydropyridines is 1. The molecule has 9 nitrogen and oxygen atoms in total. The lowest BCUT2D eigenvalue weighted by molar-refractivity contribution is -0.407. The fraction of sp³-hybridized carbons (Fsp3) is 0.381. The maximum atomic E-state index is 12.9. The van der Waals surface area contributed by atoms with Gasteiger partial charge in [-0.15, -0.1) is 16.8 Å². The molecule has 2 heterocycles. The predicted octanol–water partition coefficient (Wildman–Crippen LogP) is 2.37. The minimum absolute atomic E-state index is 0.0967. The zero-order valence-electron chi connectivity index (χ0n) is 18.1. The molecule has 0 fully saturated rings. The highest BCUT2D eigenvalue weighted by atomic mass is 32.2. The lowest BCUT2D eigenvalue weighted by Gasteiger charge is -2.28. The number of anilines is 1. The smallest absolute Gasteiger partial charge is 0.445 e. The van der Waals surface area contributed by atoms with Crippen LogP contribution in [0.5, 0.6) is 11.5 Å². The molecule has 1 atom stereocenters. The molecule has 4 amide bonds. The number of methoxy groups -OCH3 is 2. The molecule has 1 N–H and O–H groups in total. The summed E-state index contributed by atoms with van der Waals surface area (Å²) in [4.78, 5) is 43.9. The van der Waals surface area contributed by atoms with Crippen molar-refractivity contribution < 1.29 is 28.4 Å². The van der Waals surface area contributed by atoms with Gasteiger partial charge in [-0.25, -0.2) is 4.79 Å². The van der Waals surface area contributed by atoms with Gasteiger partial charge in [0.2, 0.25) is 5.91 Å². The number of aliphatic imine (C=N–C) groups is 1. The molecular weight excluding hydrogens is 420 g/mol. The molecule has 0 spiro atoms. The molecule has 3 rings (SSSR count). The summed E-state index contributed by atoms with van der Waals surface area (Å²) < 4.78 is 11.8. The molecule has 0 saturated carbocycles. The SMILES string of the molecule is CCC1=C(SCC(=O)Nc2ccc(OC)c(OC)c2)C2C(=O)N(C)C(=O)[N+](C)=C2N=C1. The highest BCUT2D eigenvalue weighted by Gasteiger charge is 2.48. The third kappa shape index (κ3) is 4.34. The van der Waals surface area contributed by atoms with E-state index >= 15 is 0 Å². The molecular formula is C21H25N4O5S+. The normalized spacial score (nSPS) is 18.4. The maximum Gasteiger partial charge on any atom is 0.445 e. The Balaban J connectivity index is 1.78. The van der Waals surface area contributed by atoms with Gasteiger partial charge in [0.25, 0.3) is 5.84 Å². The Hall–Kier alpha value is -3.14. The molecule has 0 bridgehead atoms. The number of hydrogen-bond donors (Lipinski definition) is 1. The van der Waals surface area contributed by atoms with Gasteiger partial charge >= 0.3 is 11.9 Å². The van der Waals surface area contributed by atoms with Crippen molar-refractivity contribution >= 4 is 47.3 Å². The van der Waals surface area contributed by atoms with E-state index in [9.17, 15) is 14.4 Å². The number of fused-ring (bicyclic) bond motifs is 1. The van der Waals surface area contributed by atoms with E-state index < -0.39 is 11.9 Å². The summed E-state index contributed by atoms with van der Waals surface area (Å²) in [6.45, 7) is 1.96. The Bertz CT molecular complexity index is 1030. The van der Waals surface area contributed by atoms with Crippen molar-refractivity contribution in [1.29, 1.82) is 0 Å². The number of nitrogens with one attached hydrogen (secondary N) is 1. The van der Waals surface area contributed by atoms with Gasteiger partial charge in [-0.3, -0.25) is 9.59 Å².